The molecule has 210 valence electrons. The van der Waals surface area contributed by atoms with Gasteiger partial charge in [-0.1, -0.05) is 36.5 Å². The minimum absolute atomic E-state index is 0.0565. The SMILES string of the molecule is C[C@](O)(c1ccc(N2CCN(S(=O)(=O)C3=CC=CCC3=S)C[C@@H]2CN2CCC(F)(F)CC2)cc1)C(F)(F)F. The van der Waals surface area contributed by atoms with E-state index in [9.17, 15) is 35.5 Å². The van der Waals surface area contributed by atoms with Crippen LogP contribution in [0.25, 0.3) is 0 Å². The van der Waals surface area contributed by atoms with Gasteiger partial charge in [0.25, 0.3) is 5.92 Å². The third-order valence-electron chi connectivity index (χ3n) is 7.39. The number of rotatable bonds is 6. The average molecular weight is 580 g/mol. The lowest BCUT2D eigenvalue weighted by Crippen LogP contribution is -2.59. The Morgan fingerprint density at radius 2 is 1.71 bits per heavy atom. The summed E-state index contributed by atoms with van der Waals surface area (Å²) in [4.78, 5) is 4.13. The Kier molecular flexibility index (Phi) is 8.08. The highest BCUT2D eigenvalue weighted by Gasteiger charge is 2.51. The predicted octanol–water partition coefficient (Wildman–Crippen LogP) is 4.22. The number of allylic oxidation sites excluding steroid dienone is 4. The molecule has 6 nitrogen and oxygen atoms in total. The lowest BCUT2D eigenvalue weighted by molar-refractivity contribution is -0.258. The molecule has 2 saturated heterocycles. The van der Waals surface area contributed by atoms with E-state index < -0.39 is 33.8 Å². The van der Waals surface area contributed by atoms with E-state index in [-0.39, 0.29) is 56.0 Å². The van der Waals surface area contributed by atoms with Gasteiger partial charge in [0.1, 0.15) is 0 Å². The molecule has 2 fully saturated rings. The lowest BCUT2D eigenvalue weighted by atomic mass is 9.95. The zero-order valence-electron chi connectivity index (χ0n) is 20.8. The smallest absolute Gasteiger partial charge is 0.376 e. The number of piperazine rings is 1. The van der Waals surface area contributed by atoms with Crippen molar-refractivity contribution in [3.63, 3.8) is 0 Å². The highest BCUT2D eigenvalue weighted by atomic mass is 32.2. The van der Waals surface area contributed by atoms with Gasteiger partial charge in [0.2, 0.25) is 10.0 Å². The molecule has 0 saturated carbocycles. The number of halogens is 5. The Labute approximate surface area is 224 Å². The van der Waals surface area contributed by atoms with Crippen molar-refractivity contribution in [1.82, 2.24) is 9.21 Å². The molecule has 0 radical (unpaired) electrons. The first-order valence-corrected chi connectivity index (χ1v) is 14.1. The standard InChI is InChI=1S/C25H30F5N3O3S2/c1-23(34,25(28,29)30)18-6-8-19(9-7-18)33-15-14-32(38(35,36)22-5-3-2-4-21(22)37)17-20(33)16-31-12-10-24(26,27)11-13-31/h2-3,5-9,20,34H,4,10-17H2,1H3/t20-,23-/m0/s1. The molecule has 0 aromatic heterocycles. The number of piperidine rings is 1. The van der Waals surface area contributed by atoms with Crippen molar-refractivity contribution in [2.75, 3.05) is 44.2 Å². The van der Waals surface area contributed by atoms with Crippen LogP contribution in [-0.4, -0.2) is 85.0 Å². The van der Waals surface area contributed by atoms with Crippen molar-refractivity contribution in [1.29, 1.82) is 0 Å². The van der Waals surface area contributed by atoms with E-state index in [1.54, 1.807) is 12.2 Å². The number of benzene rings is 1. The summed E-state index contributed by atoms with van der Waals surface area (Å²) in [5, 5.41) is 10.0. The monoisotopic (exact) mass is 579 g/mol. The highest BCUT2D eigenvalue weighted by molar-refractivity contribution is 7.96. The minimum Gasteiger partial charge on any atom is -0.376 e. The Bertz CT molecular complexity index is 1200. The first kappa shape index (κ1) is 29.1. The molecule has 1 aromatic rings. The zero-order valence-corrected chi connectivity index (χ0v) is 22.4. The normalized spacial score (nSPS) is 25.2. The van der Waals surface area contributed by atoms with Crippen molar-refractivity contribution in [2.24, 2.45) is 0 Å². The lowest BCUT2D eigenvalue weighted by Gasteiger charge is -2.45. The van der Waals surface area contributed by atoms with E-state index in [1.807, 2.05) is 9.80 Å². The zero-order chi connectivity index (χ0) is 27.9. The number of sulfonamides is 1. The summed E-state index contributed by atoms with van der Waals surface area (Å²) in [6.45, 7) is 1.69. The predicted molar refractivity (Wildman–Crippen MR) is 139 cm³/mol. The van der Waals surface area contributed by atoms with Crippen LogP contribution in [0.1, 0.15) is 31.7 Å². The van der Waals surface area contributed by atoms with Crippen LogP contribution >= 0.6 is 12.2 Å². The van der Waals surface area contributed by atoms with E-state index in [1.165, 1.54) is 34.6 Å². The molecule has 2 aliphatic heterocycles. The Hall–Kier alpha value is -1.93. The molecule has 1 aliphatic carbocycles. The molecule has 3 aliphatic rings. The highest BCUT2D eigenvalue weighted by Crippen LogP contribution is 2.39. The summed E-state index contributed by atoms with van der Waals surface area (Å²) in [5.74, 6) is -2.74. The number of anilines is 1. The summed E-state index contributed by atoms with van der Waals surface area (Å²) >= 11 is 5.28. The fourth-order valence-electron chi connectivity index (χ4n) is 4.94. The molecule has 1 N–H and O–H groups in total. The summed E-state index contributed by atoms with van der Waals surface area (Å²) < 4.78 is 95.5. The van der Waals surface area contributed by atoms with Gasteiger partial charge in [-0.2, -0.15) is 17.5 Å². The van der Waals surface area contributed by atoms with Gasteiger partial charge in [-0.25, -0.2) is 17.2 Å². The number of hydrogen-bond donors (Lipinski definition) is 1. The quantitative estimate of drug-likeness (QED) is 0.402. The van der Waals surface area contributed by atoms with Gasteiger partial charge in [-0.15, -0.1) is 0 Å². The minimum atomic E-state index is -4.86. The van der Waals surface area contributed by atoms with Crippen LogP contribution in [0.5, 0.6) is 0 Å². The molecule has 0 unspecified atom stereocenters. The van der Waals surface area contributed by atoms with Crippen LogP contribution in [0.3, 0.4) is 0 Å². The molecule has 0 spiro atoms. The Morgan fingerprint density at radius 1 is 1.08 bits per heavy atom. The molecule has 38 heavy (non-hydrogen) atoms. The van der Waals surface area contributed by atoms with Gasteiger partial charge >= 0.3 is 6.18 Å². The number of nitrogens with zero attached hydrogens (tertiary/aromatic N) is 3. The third kappa shape index (κ3) is 5.96. The maximum absolute atomic E-state index is 13.7. The van der Waals surface area contributed by atoms with Crippen LogP contribution in [-0.2, 0) is 15.6 Å². The van der Waals surface area contributed by atoms with Crippen LogP contribution in [0, 0.1) is 0 Å². The van der Waals surface area contributed by atoms with Gasteiger partial charge in [-0.05, 0) is 30.7 Å². The molecule has 0 bridgehead atoms. The molecule has 13 heteroatoms. The number of alkyl halides is 5. The largest absolute Gasteiger partial charge is 0.421 e. The van der Waals surface area contributed by atoms with Crippen molar-refractivity contribution in [3.8, 4) is 0 Å². The van der Waals surface area contributed by atoms with E-state index in [0.717, 1.165) is 0 Å². The summed E-state index contributed by atoms with van der Waals surface area (Å²) in [6, 6.07) is 4.86. The van der Waals surface area contributed by atoms with Crippen LogP contribution in [0.2, 0.25) is 0 Å². The topological polar surface area (TPSA) is 64.1 Å². The molecule has 2 heterocycles. The second-order valence-corrected chi connectivity index (χ2v) is 12.5. The second-order valence-electron chi connectivity index (χ2n) is 10.1. The number of likely N-dealkylation sites (tertiary alicyclic amines) is 1. The third-order valence-corrected chi connectivity index (χ3v) is 9.86. The van der Waals surface area contributed by atoms with Crippen molar-refractivity contribution in [2.45, 2.75) is 49.9 Å². The Morgan fingerprint density at radius 3 is 2.29 bits per heavy atom. The first-order chi connectivity index (χ1) is 17.6. The average Bonchev–Trinajstić information content (AvgIpc) is 2.85. The van der Waals surface area contributed by atoms with E-state index in [2.05, 4.69) is 0 Å². The summed E-state index contributed by atoms with van der Waals surface area (Å²) in [6.07, 6.45) is -0.222. The maximum atomic E-state index is 13.7. The van der Waals surface area contributed by atoms with Gasteiger partial charge in [0.15, 0.2) is 5.60 Å². The molecular formula is C25H30F5N3O3S2. The van der Waals surface area contributed by atoms with Crippen LogP contribution < -0.4 is 4.90 Å². The van der Waals surface area contributed by atoms with Gasteiger partial charge in [0, 0.05) is 69.1 Å². The number of aliphatic hydroxyl groups is 1. The van der Waals surface area contributed by atoms with Crippen LogP contribution in [0.15, 0.2) is 47.4 Å². The van der Waals surface area contributed by atoms with Gasteiger partial charge in [-0.3, -0.25) is 0 Å². The van der Waals surface area contributed by atoms with E-state index >= 15 is 0 Å². The first-order valence-electron chi connectivity index (χ1n) is 12.3. The maximum Gasteiger partial charge on any atom is 0.421 e. The van der Waals surface area contributed by atoms with E-state index in [0.29, 0.717) is 30.4 Å². The molecule has 4 rings (SSSR count). The summed E-state index contributed by atoms with van der Waals surface area (Å²) in [7, 11) is -3.90. The molecule has 2 atom stereocenters. The van der Waals surface area contributed by atoms with Gasteiger partial charge in [0.05, 0.1) is 10.9 Å². The van der Waals surface area contributed by atoms with Crippen LogP contribution in [0.4, 0.5) is 27.6 Å². The molecule has 0 amide bonds. The van der Waals surface area contributed by atoms with Crippen molar-refractivity contribution in [3.05, 3.63) is 53.0 Å². The molecule has 1 aromatic carbocycles. The molecular weight excluding hydrogens is 549 g/mol. The number of hydrogen-bond acceptors (Lipinski definition) is 6. The van der Waals surface area contributed by atoms with Crippen molar-refractivity contribution >= 4 is 32.8 Å². The number of thiocarbonyl (C=S) groups is 1. The van der Waals surface area contributed by atoms with Crippen molar-refractivity contribution < 1.29 is 35.5 Å². The second kappa shape index (κ2) is 10.6. The van der Waals surface area contributed by atoms with E-state index in [4.69, 9.17) is 12.2 Å². The Balaban J connectivity index is 1.59. The summed E-state index contributed by atoms with van der Waals surface area (Å²) in [5.41, 5.74) is -2.81. The fourth-order valence-corrected chi connectivity index (χ4v) is 7.01. The fraction of sp³-hybridized carbons (Fsp3) is 0.560. The van der Waals surface area contributed by atoms with Gasteiger partial charge < -0.3 is 14.9 Å².